The average molecular weight is 458 g/mol. The van der Waals surface area contributed by atoms with Crippen molar-refractivity contribution in [2.45, 2.75) is 89.1 Å². The Labute approximate surface area is 193 Å². The fourth-order valence-corrected chi connectivity index (χ4v) is 5.67. The Bertz CT molecular complexity index is 963. The van der Waals surface area contributed by atoms with Crippen LogP contribution in [0, 0.1) is 11.7 Å². The molecule has 2 saturated heterocycles. The third-order valence-electron chi connectivity index (χ3n) is 7.92. The van der Waals surface area contributed by atoms with E-state index in [9.17, 15) is 14.4 Å². The number of fused-ring (bicyclic) bond motifs is 1. The summed E-state index contributed by atoms with van der Waals surface area (Å²) in [6, 6.07) is 3.23. The fourth-order valence-electron chi connectivity index (χ4n) is 5.67. The Kier molecular flexibility index (Phi) is 6.22. The van der Waals surface area contributed by atoms with E-state index in [0.717, 1.165) is 12.8 Å². The van der Waals surface area contributed by atoms with Gasteiger partial charge in [-0.05, 0) is 56.6 Å². The van der Waals surface area contributed by atoms with Crippen LogP contribution in [0.1, 0.15) is 73.4 Å². The van der Waals surface area contributed by atoms with Gasteiger partial charge in [-0.25, -0.2) is 4.39 Å². The maximum Gasteiger partial charge on any atom is 0.255 e. The van der Waals surface area contributed by atoms with Gasteiger partial charge in [0.1, 0.15) is 11.9 Å². The minimum Gasteiger partial charge on any atom is -0.376 e. The quantitative estimate of drug-likeness (QED) is 0.641. The van der Waals surface area contributed by atoms with Gasteiger partial charge in [0.05, 0.1) is 12.6 Å². The molecule has 1 unspecified atom stereocenters. The van der Waals surface area contributed by atoms with Gasteiger partial charge in [0, 0.05) is 42.7 Å². The van der Waals surface area contributed by atoms with Gasteiger partial charge in [0.25, 0.3) is 5.91 Å². The normalized spacial score (nSPS) is 29.0. The lowest BCUT2D eigenvalue weighted by Crippen LogP contribution is -2.52. The Morgan fingerprint density at radius 3 is 2.73 bits per heavy atom. The van der Waals surface area contributed by atoms with E-state index < -0.39 is 11.9 Å². The van der Waals surface area contributed by atoms with Crippen molar-refractivity contribution in [1.82, 2.24) is 15.5 Å². The van der Waals surface area contributed by atoms with E-state index in [1.54, 1.807) is 12.1 Å². The molecule has 3 amide bonds. The zero-order valence-corrected chi connectivity index (χ0v) is 19.1. The highest BCUT2D eigenvalue weighted by atomic mass is 19.1. The first-order chi connectivity index (χ1) is 15.9. The number of benzene rings is 1. The maximum atomic E-state index is 15.6. The molecule has 7 nitrogen and oxygen atoms in total. The van der Waals surface area contributed by atoms with E-state index in [-0.39, 0.29) is 49.2 Å². The Balaban J connectivity index is 1.30. The molecule has 4 aliphatic rings. The van der Waals surface area contributed by atoms with Crippen LogP contribution >= 0.6 is 0 Å². The number of nitrogens with one attached hydrogen (secondary N) is 2. The standard InChI is InChI=1S/C25H32FN3O4/c1-14(15-4-2-5-15)27-19-6-3-11-33-21(19)12-16-7-8-17-18(23(16)26)13-29(25(17)32)20-9-10-22(30)28-24(20)31/h7-8,14-15,19-21,27H,2-6,9-13H2,1H3,(H,28,30,31)/t14-,19-,20?,21+/m0/s1. The number of amides is 3. The summed E-state index contributed by atoms with van der Waals surface area (Å²) in [5.41, 5.74) is 1.19. The second-order valence-electron chi connectivity index (χ2n) is 9.97. The topological polar surface area (TPSA) is 87.7 Å². The van der Waals surface area contributed by atoms with E-state index in [2.05, 4.69) is 17.6 Å². The number of carbonyl (C=O) groups is 3. The van der Waals surface area contributed by atoms with Crippen LogP contribution in [-0.2, 0) is 27.3 Å². The Morgan fingerprint density at radius 2 is 2.00 bits per heavy atom. The predicted octanol–water partition coefficient (Wildman–Crippen LogP) is 2.45. The molecular weight excluding hydrogens is 425 g/mol. The van der Waals surface area contributed by atoms with Crippen LogP contribution in [0.25, 0.3) is 0 Å². The SMILES string of the molecule is C[C@H](N[C@H]1CCCO[C@@H]1Cc1ccc2c(c1F)CN(C1CCC(=O)NC1=O)C2=O)C1CCC1. The summed E-state index contributed by atoms with van der Waals surface area (Å²) in [7, 11) is 0. The molecule has 0 spiro atoms. The van der Waals surface area contributed by atoms with Crippen LogP contribution in [0.4, 0.5) is 4.39 Å². The van der Waals surface area contributed by atoms with Gasteiger partial charge in [-0.15, -0.1) is 0 Å². The summed E-state index contributed by atoms with van der Waals surface area (Å²) < 4.78 is 21.6. The number of imide groups is 1. The first-order valence-electron chi connectivity index (χ1n) is 12.2. The largest absolute Gasteiger partial charge is 0.376 e. The monoisotopic (exact) mass is 457 g/mol. The molecule has 5 rings (SSSR count). The van der Waals surface area contributed by atoms with Gasteiger partial charge >= 0.3 is 0 Å². The lowest BCUT2D eigenvalue weighted by atomic mass is 9.79. The molecule has 1 aromatic rings. The number of carbonyl (C=O) groups excluding carboxylic acids is 3. The summed E-state index contributed by atoms with van der Waals surface area (Å²) in [6.45, 7) is 2.96. The predicted molar refractivity (Wildman–Crippen MR) is 119 cm³/mol. The van der Waals surface area contributed by atoms with Crippen molar-refractivity contribution in [3.05, 3.63) is 34.6 Å². The molecular formula is C25H32FN3O4. The maximum absolute atomic E-state index is 15.6. The first-order valence-corrected chi connectivity index (χ1v) is 12.2. The van der Waals surface area contributed by atoms with Crippen molar-refractivity contribution < 1.29 is 23.5 Å². The highest BCUT2D eigenvalue weighted by molar-refractivity contribution is 6.05. The van der Waals surface area contributed by atoms with Crippen LogP contribution in [0.5, 0.6) is 0 Å². The summed E-state index contributed by atoms with van der Waals surface area (Å²) in [5, 5.41) is 6.03. The van der Waals surface area contributed by atoms with E-state index in [1.807, 2.05) is 0 Å². The van der Waals surface area contributed by atoms with Crippen molar-refractivity contribution in [2.75, 3.05) is 6.61 Å². The van der Waals surface area contributed by atoms with Crippen LogP contribution < -0.4 is 10.6 Å². The number of hydrogen-bond acceptors (Lipinski definition) is 5. The number of rotatable bonds is 6. The zero-order chi connectivity index (χ0) is 23.1. The molecule has 1 saturated carbocycles. The van der Waals surface area contributed by atoms with Crippen LogP contribution in [0.2, 0.25) is 0 Å². The van der Waals surface area contributed by atoms with Crippen LogP contribution in [0.15, 0.2) is 12.1 Å². The van der Waals surface area contributed by atoms with Crippen LogP contribution in [0.3, 0.4) is 0 Å². The number of piperidine rings is 1. The van der Waals surface area contributed by atoms with Gasteiger partial charge in [0.15, 0.2) is 0 Å². The van der Waals surface area contributed by atoms with E-state index in [1.165, 1.54) is 24.2 Å². The molecule has 8 heteroatoms. The van der Waals surface area contributed by atoms with E-state index >= 15 is 4.39 Å². The van der Waals surface area contributed by atoms with Gasteiger partial charge in [-0.1, -0.05) is 12.5 Å². The third kappa shape index (κ3) is 4.30. The van der Waals surface area contributed by atoms with Crippen molar-refractivity contribution in [3.63, 3.8) is 0 Å². The molecule has 0 bridgehead atoms. The number of nitrogens with zero attached hydrogens (tertiary/aromatic N) is 1. The molecule has 3 heterocycles. The van der Waals surface area contributed by atoms with E-state index in [0.29, 0.717) is 41.7 Å². The number of halogens is 1. The minimum atomic E-state index is -0.742. The molecule has 178 valence electrons. The number of ether oxygens (including phenoxy) is 1. The van der Waals surface area contributed by atoms with Gasteiger partial charge in [-0.3, -0.25) is 19.7 Å². The number of hydrogen-bond donors (Lipinski definition) is 2. The molecule has 3 aliphatic heterocycles. The van der Waals surface area contributed by atoms with Gasteiger partial charge in [-0.2, -0.15) is 0 Å². The molecule has 33 heavy (non-hydrogen) atoms. The molecule has 4 atom stereocenters. The lowest BCUT2D eigenvalue weighted by molar-refractivity contribution is -0.136. The summed E-state index contributed by atoms with van der Waals surface area (Å²) in [6.07, 6.45) is 6.61. The fraction of sp³-hybridized carbons (Fsp3) is 0.640. The van der Waals surface area contributed by atoms with E-state index in [4.69, 9.17) is 4.74 Å². The summed E-state index contributed by atoms with van der Waals surface area (Å²) in [4.78, 5) is 38.0. The Morgan fingerprint density at radius 1 is 1.18 bits per heavy atom. The highest BCUT2D eigenvalue weighted by Crippen LogP contribution is 2.33. The molecule has 1 aromatic carbocycles. The summed E-state index contributed by atoms with van der Waals surface area (Å²) in [5.74, 6) is -0.841. The van der Waals surface area contributed by atoms with Gasteiger partial charge in [0.2, 0.25) is 11.8 Å². The highest BCUT2D eigenvalue weighted by Gasteiger charge is 2.41. The van der Waals surface area contributed by atoms with Gasteiger partial charge < -0.3 is 15.0 Å². The van der Waals surface area contributed by atoms with Crippen molar-refractivity contribution in [3.8, 4) is 0 Å². The second kappa shape index (κ2) is 9.14. The molecule has 2 N–H and O–H groups in total. The molecule has 0 radical (unpaired) electrons. The minimum absolute atomic E-state index is 0.0477. The van der Waals surface area contributed by atoms with Crippen LogP contribution in [-0.4, -0.2) is 53.5 Å². The molecule has 0 aromatic heterocycles. The van der Waals surface area contributed by atoms with Crippen molar-refractivity contribution in [2.24, 2.45) is 5.92 Å². The van der Waals surface area contributed by atoms with Crippen molar-refractivity contribution in [1.29, 1.82) is 0 Å². The zero-order valence-electron chi connectivity index (χ0n) is 19.1. The van der Waals surface area contributed by atoms with Crippen molar-refractivity contribution >= 4 is 17.7 Å². The third-order valence-corrected chi connectivity index (χ3v) is 7.92. The Hall–Kier alpha value is -2.32. The molecule has 1 aliphatic carbocycles. The lowest BCUT2D eigenvalue weighted by Gasteiger charge is -2.39. The smallest absolute Gasteiger partial charge is 0.255 e. The summed E-state index contributed by atoms with van der Waals surface area (Å²) >= 11 is 0. The average Bonchev–Trinajstić information content (AvgIpc) is 3.07. The molecule has 3 fully saturated rings. The second-order valence-corrected chi connectivity index (χ2v) is 9.97. The first kappa shape index (κ1) is 22.5.